The molecule has 4 heteroatoms. The molecule has 2 amide bonds. The van der Waals surface area contributed by atoms with Crippen LogP contribution in [0.4, 0.5) is 4.79 Å². The number of carbonyl (C=O) groups excluding carboxylic acids is 1. The van der Waals surface area contributed by atoms with Crippen LogP contribution >= 0.6 is 0 Å². The number of urea groups is 1. The van der Waals surface area contributed by atoms with Crippen LogP contribution < -0.4 is 5.32 Å². The molecule has 0 aromatic heterocycles. The van der Waals surface area contributed by atoms with E-state index in [1.165, 1.54) is 32.1 Å². The van der Waals surface area contributed by atoms with Gasteiger partial charge in [-0.25, -0.2) is 4.79 Å². The molecule has 1 saturated carbocycles. The van der Waals surface area contributed by atoms with Gasteiger partial charge >= 0.3 is 6.03 Å². The summed E-state index contributed by atoms with van der Waals surface area (Å²) < 4.78 is 0. The van der Waals surface area contributed by atoms with Gasteiger partial charge in [0.2, 0.25) is 0 Å². The highest BCUT2D eigenvalue weighted by molar-refractivity contribution is 5.74. The van der Waals surface area contributed by atoms with Crippen LogP contribution in [-0.4, -0.2) is 42.3 Å². The van der Waals surface area contributed by atoms with Gasteiger partial charge in [-0.1, -0.05) is 26.2 Å². The molecule has 4 nitrogen and oxygen atoms in total. The van der Waals surface area contributed by atoms with Gasteiger partial charge < -0.3 is 15.3 Å². The van der Waals surface area contributed by atoms with E-state index < -0.39 is 0 Å². The second-order valence-corrected chi connectivity index (χ2v) is 5.28. The molecule has 2 N–H and O–H groups in total. The fraction of sp³-hybridized carbons (Fsp3) is 0.929. The first-order valence-electron chi connectivity index (χ1n) is 7.34. The van der Waals surface area contributed by atoms with Crippen molar-refractivity contribution in [3.8, 4) is 0 Å². The van der Waals surface area contributed by atoms with Gasteiger partial charge in [0.25, 0.3) is 0 Å². The minimum Gasteiger partial charge on any atom is -0.395 e. The molecule has 1 aliphatic carbocycles. The molecule has 0 spiro atoms. The fourth-order valence-electron chi connectivity index (χ4n) is 2.71. The van der Waals surface area contributed by atoms with Crippen molar-refractivity contribution in [2.75, 3.05) is 26.2 Å². The molecule has 0 aromatic carbocycles. The molecule has 18 heavy (non-hydrogen) atoms. The van der Waals surface area contributed by atoms with Crippen LogP contribution in [0, 0.1) is 11.8 Å². The summed E-state index contributed by atoms with van der Waals surface area (Å²) in [7, 11) is 0. The number of hydrogen-bond acceptors (Lipinski definition) is 2. The van der Waals surface area contributed by atoms with E-state index in [1.807, 2.05) is 6.92 Å². The Kier molecular flexibility index (Phi) is 7.09. The average Bonchev–Trinajstić information content (AvgIpc) is 2.42. The van der Waals surface area contributed by atoms with Gasteiger partial charge in [0.15, 0.2) is 0 Å². The number of nitrogens with zero attached hydrogens (tertiary/aromatic N) is 1. The van der Waals surface area contributed by atoms with Crippen molar-refractivity contribution in [1.29, 1.82) is 0 Å². The number of hydrogen-bond donors (Lipinski definition) is 2. The van der Waals surface area contributed by atoms with Crippen LogP contribution in [0.2, 0.25) is 0 Å². The molecule has 0 atom stereocenters. The number of aliphatic hydroxyl groups is 1. The summed E-state index contributed by atoms with van der Waals surface area (Å²) in [6, 6.07) is -0.0378. The quantitative estimate of drug-likeness (QED) is 0.765. The van der Waals surface area contributed by atoms with Crippen molar-refractivity contribution in [3.63, 3.8) is 0 Å². The topological polar surface area (TPSA) is 52.6 Å². The highest BCUT2D eigenvalue weighted by Gasteiger charge is 2.21. The van der Waals surface area contributed by atoms with Crippen molar-refractivity contribution in [1.82, 2.24) is 10.2 Å². The van der Waals surface area contributed by atoms with E-state index in [0.29, 0.717) is 19.0 Å². The van der Waals surface area contributed by atoms with E-state index >= 15 is 0 Å². The summed E-state index contributed by atoms with van der Waals surface area (Å²) in [6.45, 7) is 6.09. The normalized spacial score (nSPS) is 23.7. The lowest BCUT2D eigenvalue weighted by Crippen LogP contribution is -2.43. The third-order valence-corrected chi connectivity index (χ3v) is 4.12. The molecule has 0 aromatic rings. The number of amides is 2. The van der Waals surface area contributed by atoms with E-state index in [4.69, 9.17) is 5.11 Å². The fourth-order valence-corrected chi connectivity index (χ4v) is 2.71. The van der Waals surface area contributed by atoms with Crippen LogP contribution in [0.1, 0.15) is 46.0 Å². The molecule has 0 saturated heterocycles. The van der Waals surface area contributed by atoms with Crippen molar-refractivity contribution in [3.05, 3.63) is 0 Å². The number of rotatable bonds is 6. The molecule has 0 aliphatic heterocycles. The standard InChI is InChI=1S/C14H28N2O2/c1-3-12-5-7-13(8-6-12)11-15-14(18)16(4-2)9-10-17/h12-13,17H,3-11H2,1-2H3,(H,15,18). The van der Waals surface area contributed by atoms with Gasteiger partial charge in [-0.05, 0) is 31.6 Å². The highest BCUT2D eigenvalue weighted by Crippen LogP contribution is 2.30. The SMILES string of the molecule is CCC1CCC(CNC(=O)N(CC)CCO)CC1. The maximum atomic E-state index is 11.8. The van der Waals surface area contributed by atoms with E-state index in [0.717, 1.165) is 12.5 Å². The monoisotopic (exact) mass is 256 g/mol. The van der Waals surface area contributed by atoms with Gasteiger partial charge in [-0.15, -0.1) is 0 Å². The van der Waals surface area contributed by atoms with E-state index in [1.54, 1.807) is 4.90 Å². The van der Waals surface area contributed by atoms with Gasteiger partial charge in [0, 0.05) is 19.6 Å². The summed E-state index contributed by atoms with van der Waals surface area (Å²) in [5.74, 6) is 1.54. The van der Waals surface area contributed by atoms with E-state index in [2.05, 4.69) is 12.2 Å². The largest absolute Gasteiger partial charge is 0.395 e. The first-order chi connectivity index (χ1) is 8.71. The van der Waals surface area contributed by atoms with Crippen molar-refractivity contribution in [2.24, 2.45) is 11.8 Å². The zero-order valence-corrected chi connectivity index (χ0v) is 11.8. The molecule has 0 heterocycles. The van der Waals surface area contributed by atoms with Gasteiger partial charge in [-0.3, -0.25) is 0 Å². The smallest absolute Gasteiger partial charge is 0.317 e. The van der Waals surface area contributed by atoms with E-state index in [-0.39, 0.29) is 12.6 Å². The average molecular weight is 256 g/mol. The minimum atomic E-state index is -0.0378. The second-order valence-electron chi connectivity index (χ2n) is 5.28. The number of nitrogens with one attached hydrogen (secondary N) is 1. The summed E-state index contributed by atoms with van der Waals surface area (Å²) in [6.07, 6.45) is 6.39. The first-order valence-corrected chi connectivity index (χ1v) is 7.34. The van der Waals surface area contributed by atoms with Crippen LogP contribution in [0.25, 0.3) is 0 Å². The van der Waals surface area contributed by atoms with Crippen LogP contribution in [0.5, 0.6) is 0 Å². The maximum absolute atomic E-state index is 11.8. The first kappa shape index (κ1) is 15.3. The zero-order chi connectivity index (χ0) is 13.4. The summed E-state index contributed by atoms with van der Waals surface area (Å²) in [5, 5.41) is 11.9. The minimum absolute atomic E-state index is 0.0306. The second kappa shape index (κ2) is 8.35. The van der Waals surface area contributed by atoms with Crippen molar-refractivity contribution >= 4 is 6.03 Å². The van der Waals surface area contributed by atoms with Gasteiger partial charge in [0.1, 0.15) is 0 Å². The molecule has 106 valence electrons. The predicted octanol–water partition coefficient (Wildman–Crippen LogP) is 2.23. The van der Waals surface area contributed by atoms with Crippen LogP contribution in [0.15, 0.2) is 0 Å². The highest BCUT2D eigenvalue weighted by atomic mass is 16.3. The molecular weight excluding hydrogens is 228 g/mol. The predicted molar refractivity (Wildman–Crippen MR) is 73.5 cm³/mol. The maximum Gasteiger partial charge on any atom is 0.317 e. The molecule has 1 fully saturated rings. The molecule has 1 aliphatic rings. The molecule has 0 bridgehead atoms. The van der Waals surface area contributed by atoms with Crippen molar-refractivity contribution in [2.45, 2.75) is 46.0 Å². The summed E-state index contributed by atoms with van der Waals surface area (Å²) in [5.41, 5.74) is 0. The van der Waals surface area contributed by atoms with Gasteiger partial charge in [-0.2, -0.15) is 0 Å². The van der Waals surface area contributed by atoms with E-state index in [9.17, 15) is 4.79 Å². The Balaban J connectivity index is 2.22. The molecule has 1 rings (SSSR count). The molecule has 0 radical (unpaired) electrons. The summed E-state index contributed by atoms with van der Waals surface area (Å²) >= 11 is 0. The zero-order valence-electron chi connectivity index (χ0n) is 11.8. The number of carbonyl (C=O) groups is 1. The van der Waals surface area contributed by atoms with Crippen molar-refractivity contribution < 1.29 is 9.90 Å². The lowest BCUT2D eigenvalue weighted by Gasteiger charge is -2.29. The summed E-state index contributed by atoms with van der Waals surface area (Å²) in [4.78, 5) is 13.5. The lowest BCUT2D eigenvalue weighted by molar-refractivity contribution is 0.176. The van der Waals surface area contributed by atoms with Crippen LogP contribution in [-0.2, 0) is 0 Å². The molecular formula is C14H28N2O2. The Hall–Kier alpha value is -0.770. The van der Waals surface area contributed by atoms with Crippen LogP contribution in [0.3, 0.4) is 0 Å². The third kappa shape index (κ3) is 4.84. The Bertz CT molecular complexity index is 238. The molecule has 0 unspecified atom stereocenters. The number of likely N-dealkylation sites (N-methyl/N-ethyl adjacent to an activating group) is 1. The lowest BCUT2D eigenvalue weighted by atomic mass is 9.81. The Morgan fingerprint density at radius 1 is 1.22 bits per heavy atom. The Morgan fingerprint density at radius 2 is 1.83 bits per heavy atom. The Labute approximate surface area is 111 Å². The van der Waals surface area contributed by atoms with Gasteiger partial charge in [0.05, 0.1) is 6.61 Å². The number of aliphatic hydroxyl groups excluding tert-OH is 1. The third-order valence-electron chi connectivity index (χ3n) is 4.12. The Morgan fingerprint density at radius 3 is 2.33 bits per heavy atom.